The zero-order valence-corrected chi connectivity index (χ0v) is 47.5. The third-order valence-corrected chi connectivity index (χ3v) is 13.1. The number of imidazole rings is 3. The Bertz CT molecular complexity index is 3190. The van der Waals surface area contributed by atoms with Crippen LogP contribution in [0.1, 0.15) is 117 Å². The van der Waals surface area contributed by atoms with Crippen LogP contribution in [-0.2, 0) is 72.2 Å². The van der Waals surface area contributed by atoms with Crippen molar-refractivity contribution in [3.63, 3.8) is 0 Å². The van der Waals surface area contributed by atoms with Crippen molar-refractivity contribution in [2.24, 2.45) is 0 Å². The molecule has 432 valence electrons. The molecule has 6 N–H and O–H groups in total. The van der Waals surface area contributed by atoms with Gasteiger partial charge in [-0.05, 0) is 11.6 Å². The number of aromatic nitrogens is 6. The molecule has 8 rings (SSSR count). The molecule has 23 heteroatoms. The van der Waals surface area contributed by atoms with Gasteiger partial charge in [-0.1, -0.05) is 120 Å². The fourth-order valence-electron chi connectivity index (χ4n) is 8.06. The van der Waals surface area contributed by atoms with E-state index in [0.29, 0.717) is 12.1 Å². The summed E-state index contributed by atoms with van der Waals surface area (Å²) >= 11 is 0. The van der Waals surface area contributed by atoms with Crippen molar-refractivity contribution in [2.45, 2.75) is 103 Å². The summed E-state index contributed by atoms with van der Waals surface area (Å²) in [6.45, 7) is 26.0. The molecule has 3 fully saturated rings. The maximum atomic E-state index is 12.5. The van der Waals surface area contributed by atoms with E-state index in [1.54, 1.807) is 43.0 Å². The van der Waals surface area contributed by atoms with E-state index < -0.39 is 47.5 Å². The summed E-state index contributed by atoms with van der Waals surface area (Å²) in [5.41, 5.74) is 5.31. The van der Waals surface area contributed by atoms with Gasteiger partial charge in [-0.3, -0.25) is 67.4 Å². The summed E-state index contributed by atoms with van der Waals surface area (Å²) in [4.78, 5) is 149. The Labute approximate surface area is 475 Å². The van der Waals surface area contributed by atoms with Gasteiger partial charge in [0.1, 0.15) is 49.4 Å². The first-order chi connectivity index (χ1) is 38.6. The number of rotatable bonds is 13. The molecule has 6 heterocycles. The monoisotopic (exact) mass is 1120 g/mol. The third-order valence-electron chi connectivity index (χ3n) is 13.1. The molecule has 2 atom stereocenters. The highest BCUT2D eigenvalue weighted by atomic mass is 16.2. The van der Waals surface area contributed by atoms with Crippen molar-refractivity contribution in [2.75, 3.05) is 19.6 Å². The zero-order valence-electron chi connectivity index (χ0n) is 47.5. The number of amides is 9. The van der Waals surface area contributed by atoms with Gasteiger partial charge in [0, 0.05) is 66.8 Å². The Balaban J connectivity index is 0.000000233. The average molecular weight is 1120 g/mol. The average Bonchev–Trinajstić information content (AvgIpc) is 4.40. The summed E-state index contributed by atoms with van der Waals surface area (Å²) in [5.74, 6) is -3.72. The van der Waals surface area contributed by atoms with Crippen LogP contribution < -0.4 is 16.0 Å². The van der Waals surface area contributed by atoms with Gasteiger partial charge >= 0.3 is 0 Å². The van der Waals surface area contributed by atoms with Gasteiger partial charge in [0.05, 0.1) is 36.1 Å². The molecule has 23 nitrogen and oxygen atoms in total. The minimum absolute atomic E-state index is 0.224. The highest BCUT2D eigenvalue weighted by Crippen LogP contribution is 2.28. The van der Waals surface area contributed by atoms with Crippen LogP contribution in [0.4, 0.5) is 0 Å². The Kier molecular flexibility index (Phi) is 22.8. The molecule has 82 heavy (non-hydrogen) atoms. The topological polar surface area (TPSA) is 320 Å². The van der Waals surface area contributed by atoms with Gasteiger partial charge in [-0.2, -0.15) is 0 Å². The SMILES string of the molecule is C=CC(C)(C)c1[nH]cnc1C=O.C=CC(C)(C)c1nc[nH]c1CC1NC(=O)/C(=C/c2ccccc2)NC1=O.C=CC(C)(C)c1nc[nH]c1CC1NC(=O)CN(C(C)=O)C1=O.CC(=O)N1CC(=O)N(C(C)=O)CC1=O.O=Cc1ccccc1. The van der Waals surface area contributed by atoms with Crippen LogP contribution in [0.25, 0.3) is 6.08 Å². The van der Waals surface area contributed by atoms with E-state index in [-0.39, 0.29) is 65.7 Å². The van der Waals surface area contributed by atoms with E-state index in [2.05, 4.69) is 65.6 Å². The second-order valence-corrected chi connectivity index (χ2v) is 20.5. The molecule has 0 saturated carbocycles. The first-order valence-electron chi connectivity index (χ1n) is 25.7. The summed E-state index contributed by atoms with van der Waals surface area (Å²) < 4.78 is 0. The standard InChI is InChI=1S/C20H22N4O2.C15H20N4O3.C9H12N2O.C8H10N2O4.C7H6O/c1-4-20(2,3)17-14(21-12-22-17)11-16-19(26)23-15(18(25)24-16)10-13-8-6-5-7-9-13;1-5-15(3,4)13-10(16-8-17-13)6-11-14(22)19(9(2)20)7-12(21)18-11;1-4-9(2,3)8-7(5-12)10-6-11-8;1-5(11)9-3-8(14)10(6(2)12)4-7(9)13;8-6-7-4-2-1-3-5-7/h4-10,12,16H,1,11H2,2-3H3,(H,21,22)(H,23,26)(H,24,25);5,8,11H,1,6-7H2,2-4H3,(H,16,17)(H,18,21);4-6H,1H2,2-3H3,(H,10,11);3-4H2,1-2H3;1-6H/b15-10-;;;;. The molecule has 3 aromatic heterocycles. The smallest absolute Gasteiger partial charge is 0.268 e. The van der Waals surface area contributed by atoms with Gasteiger partial charge < -0.3 is 30.9 Å². The Morgan fingerprint density at radius 2 is 1.02 bits per heavy atom. The molecule has 0 spiro atoms. The number of aromatic amines is 3. The summed E-state index contributed by atoms with van der Waals surface area (Å²) in [6.07, 6.45) is 13.9. The molecule has 5 aromatic rings. The first kappa shape index (κ1) is 64.7. The lowest BCUT2D eigenvalue weighted by Crippen LogP contribution is -2.60. The molecule has 0 aliphatic carbocycles. The molecule has 3 saturated heterocycles. The zero-order chi connectivity index (χ0) is 61.1. The van der Waals surface area contributed by atoms with Crippen LogP contribution in [0.5, 0.6) is 0 Å². The van der Waals surface area contributed by atoms with Crippen LogP contribution in [0.3, 0.4) is 0 Å². The Hall–Kier alpha value is -9.80. The lowest BCUT2D eigenvalue weighted by molar-refractivity contribution is -0.161. The number of hydrogen-bond acceptors (Lipinski definition) is 14. The number of nitrogens with one attached hydrogen (secondary N) is 6. The van der Waals surface area contributed by atoms with E-state index in [9.17, 15) is 52.7 Å². The largest absolute Gasteiger partial charge is 0.348 e. The van der Waals surface area contributed by atoms with Gasteiger partial charge in [0.15, 0.2) is 6.29 Å². The Morgan fingerprint density at radius 3 is 1.45 bits per heavy atom. The minimum atomic E-state index is -0.773. The quantitative estimate of drug-likeness (QED) is 0.0544. The molecular weight excluding hydrogens is 1050 g/mol. The molecule has 3 aliphatic rings. The maximum absolute atomic E-state index is 12.5. The number of aldehydes is 2. The second kappa shape index (κ2) is 28.9. The van der Waals surface area contributed by atoms with Gasteiger partial charge in [-0.25, -0.2) is 15.0 Å². The van der Waals surface area contributed by atoms with E-state index in [1.165, 1.54) is 27.1 Å². The van der Waals surface area contributed by atoms with Crippen LogP contribution >= 0.6 is 0 Å². The van der Waals surface area contributed by atoms with Gasteiger partial charge in [-0.15, -0.1) is 19.7 Å². The van der Waals surface area contributed by atoms with Crippen molar-refractivity contribution >= 4 is 71.8 Å². The van der Waals surface area contributed by atoms with Gasteiger partial charge in [0.2, 0.25) is 41.4 Å². The van der Waals surface area contributed by atoms with Crippen molar-refractivity contribution in [3.8, 4) is 0 Å². The van der Waals surface area contributed by atoms with E-state index in [0.717, 1.165) is 66.9 Å². The number of carbonyl (C=O) groups excluding carboxylic acids is 11. The fourth-order valence-corrected chi connectivity index (χ4v) is 8.06. The van der Waals surface area contributed by atoms with Crippen LogP contribution in [-0.4, -0.2) is 142 Å². The highest BCUT2D eigenvalue weighted by Gasteiger charge is 2.38. The summed E-state index contributed by atoms with van der Waals surface area (Å²) in [5, 5.41) is 8.11. The number of piperazine rings is 3. The number of nitrogens with zero attached hydrogens (tertiary/aromatic N) is 6. The van der Waals surface area contributed by atoms with Crippen molar-refractivity contribution in [1.29, 1.82) is 0 Å². The molecule has 0 bridgehead atoms. The minimum Gasteiger partial charge on any atom is -0.348 e. The van der Waals surface area contributed by atoms with Crippen molar-refractivity contribution in [1.82, 2.24) is 60.6 Å². The van der Waals surface area contributed by atoms with E-state index in [1.807, 2.05) is 96.1 Å². The summed E-state index contributed by atoms with van der Waals surface area (Å²) in [7, 11) is 0. The lowest BCUT2D eigenvalue weighted by Gasteiger charge is -2.30. The lowest BCUT2D eigenvalue weighted by atomic mass is 9.87. The van der Waals surface area contributed by atoms with Crippen LogP contribution in [0, 0.1) is 0 Å². The fraction of sp³-hybridized carbons (Fsp3) is 0.322. The number of hydrogen-bond donors (Lipinski definition) is 6. The number of H-pyrrole nitrogens is 3. The van der Waals surface area contributed by atoms with E-state index in [4.69, 9.17) is 0 Å². The molecular formula is C59H70N12O11. The normalized spacial score (nSPS) is 16.6. The third kappa shape index (κ3) is 17.3. The van der Waals surface area contributed by atoms with E-state index >= 15 is 0 Å². The van der Waals surface area contributed by atoms with Crippen LogP contribution in [0.15, 0.2) is 123 Å². The van der Waals surface area contributed by atoms with Crippen LogP contribution in [0.2, 0.25) is 0 Å². The highest BCUT2D eigenvalue weighted by molar-refractivity contribution is 6.09. The predicted molar refractivity (Wildman–Crippen MR) is 304 cm³/mol. The molecule has 3 aliphatic heterocycles. The maximum Gasteiger partial charge on any atom is 0.268 e. The second-order valence-electron chi connectivity index (χ2n) is 20.5. The number of benzene rings is 2. The number of carbonyl (C=O) groups is 11. The molecule has 0 radical (unpaired) electrons. The van der Waals surface area contributed by atoms with Crippen molar-refractivity contribution < 1.29 is 52.7 Å². The first-order valence-corrected chi connectivity index (χ1v) is 25.7. The van der Waals surface area contributed by atoms with Gasteiger partial charge in [0.25, 0.3) is 11.8 Å². The van der Waals surface area contributed by atoms with Crippen molar-refractivity contribution in [3.05, 3.63) is 169 Å². The number of allylic oxidation sites excluding steroid dienone is 3. The molecule has 2 unspecified atom stereocenters. The Morgan fingerprint density at radius 1 is 0.573 bits per heavy atom. The summed E-state index contributed by atoms with van der Waals surface area (Å²) in [6, 6.07) is 17.0. The molecule has 2 aromatic carbocycles. The predicted octanol–water partition coefficient (Wildman–Crippen LogP) is 4.30. The number of imide groups is 3. The molecule has 9 amide bonds.